The largest absolute Gasteiger partial charge is 0.491 e. The molecule has 1 aliphatic rings. The summed E-state index contributed by atoms with van der Waals surface area (Å²) < 4.78 is 5.70. The average molecular weight is 442 g/mol. The van der Waals surface area contributed by atoms with Crippen LogP contribution in [0.4, 0.5) is 17.1 Å². The normalized spacial score (nSPS) is 13.7. The second kappa shape index (κ2) is 9.20. The van der Waals surface area contributed by atoms with Crippen molar-refractivity contribution in [2.45, 2.75) is 20.0 Å². The van der Waals surface area contributed by atoms with Gasteiger partial charge in [-0.05, 0) is 67.9 Å². The Morgan fingerprint density at radius 1 is 0.818 bits per heavy atom. The van der Waals surface area contributed by atoms with Crippen LogP contribution in [0.15, 0.2) is 84.6 Å². The van der Waals surface area contributed by atoms with Crippen molar-refractivity contribution in [3.05, 3.63) is 90.1 Å². The zero-order valence-corrected chi connectivity index (χ0v) is 19.2. The van der Waals surface area contributed by atoms with Gasteiger partial charge < -0.3 is 15.0 Å². The second-order valence-corrected chi connectivity index (χ2v) is 8.29. The van der Waals surface area contributed by atoms with Crippen molar-refractivity contribution >= 4 is 34.4 Å². The SMILES string of the molecule is CC(C)Oc1ccc(NC2=C(c3ccccc3)C(=O)N(c3ccc(N(C)C)cc3)C2=O)cc1. The Labute approximate surface area is 194 Å². The summed E-state index contributed by atoms with van der Waals surface area (Å²) in [6, 6.07) is 23.9. The summed E-state index contributed by atoms with van der Waals surface area (Å²) in [7, 11) is 3.88. The van der Waals surface area contributed by atoms with Gasteiger partial charge in [0.05, 0.1) is 17.4 Å². The van der Waals surface area contributed by atoms with Gasteiger partial charge in [-0.3, -0.25) is 9.59 Å². The molecule has 33 heavy (non-hydrogen) atoms. The minimum Gasteiger partial charge on any atom is -0.491 e. The van der Waals surface area contributed by atoms with Crippen molar-refractivity contribution in [2.24, 2.45) is 0 Å². The fraction of sp³-hybridized carbons (Fsp3) is 0.185. The van der Waals surface area contributed by atoms with E-state index in [4.69, 9.17) is 4.74 Å². The lowest BCUT2D eigenvalue weighted by Gasteiger charge is -2.18. The van der Waals surface area contributed by atoms with Crippen molar-refractivity contribution in [2.75, 3.05) is 29.2 Å². The molecule has 0 saturated heterocycles. The van der Waals surface area contributed by atoms with Crippen molar-refractivity contribution in [1.29, 1.82) is 0 Å². The molecule has 1 aliphatic heterocycles. The number of nitrogens with one attached hydrogen (secondary N) is 1. The number of anilines is 3. The van der Waals surface area contributed by atoms with Gasteiger partial charge in [0.25, 0.3) is 11.8 Å². The van der Waals surface area contributed by atoms with Crippen LogP contribution in [-0.2, 0) is 9.59 Å². The highest BCUT2D eigenvalue weighted by molar-refractivity contribution is 6.46. The van der Waals surface area contributed by atoms with Gasteiger partial charge in [-0.1, -0.05) is 30.3 Å². The second-order valence-electron chi connectivity index (χ2n) is 8.29. The summed E-state index contributed by atoms with van der Waals surface area (Å²) in [4.78, 5) is 30.2. The molecule has 6 nitrogen and oxygen atoms in total. The van der Waals surface area contributed by atoms with E-state index in [1.165, 1.54) is 4.90 Å². The summed E-state index contributed by atoms with van der Waals surface area (Å²) in [5.41, 5.74) is 3.49. The van der Waals surface area contributed by atoms with Crippen LogP contribution in [-0.4, -0.2) is 32.0 Å². The Balaban J connectivity index is 1.70. The first-order chi connectivity index (χ1) is 15.8. The van der Waals surface area contributed by atoms with Crippen molar-refractivity contribution in [1.82, 2.24) is 0 Å². The van der Waals surface area contributed by atoms with Crippen molar-refractivity contribution < 1.29 is 14.3 Å². The molecule has 1 heterocycles. The zero-order chi connectivity index (χ0) is 23.5. The van der Waals surface area contributed by atoms with E-state index in [1.54, 1.807) is 12.1 Å². The lowest BCUT2D eigenvalue weighted by atomic mass is 10.0. The van der Waals surface area contributed by atoms with E-state index >= 15 is 0 Å². The predicted octanol–water partition coefficient (Wildman–Crippen LogP) is 4.94. The molecule has 0 saturated carbocycles. The average Bonchev–Trinajstić information content (AvgIpc) is 3.04. The number of rotatable bonds is 7. The van der Waals surface area contributed by atoms with Crippen LogP contribution in [0.25, 0.3) is 5.57 Å². The van der Waals surface area contributed by atoms with Crippen LogP contribution in [0.2, 0.25) is 0 Å². The lowest BCUT2D eigenvalue weighted by Crippen LogP contribution is -2.32. The molecular weight excluding hydrogens is 414 g/mol. The van der Waals surface area contributed by atoms with Gasteiger partial charge in [0.1, 0.15) is 11.4 Å². The maximum absolute atomic E-state index is 13.5. The van der Waals surface area contributed by atoms with E-state index in [0.29, 0.717) is 22.5 Å². The van der Waals surface area contributed by atoms with Gasteiger partial charge in [0.15, 0.2) is 0 Å². The summed E-state index contributed by atoms with van der Waals surface area (Å²) in [5, 5.41) is 3.18. The Hall–Kier alpha value is -4.06. The first-order valence-electron chi connectivity index (χ1n) is 10.8. The molecular formula is C27H27N3O3. The third kappa shape index (κ3) is 4.60. The number of carbonyl (C=O) groups is 2. The molecule has 4 rings (SSSR count). The number of hydrogen-bond acceptors (Lipinski definition) is 5. The molecule has 0 radical (unpaired) electrons. The Morgan fingerprint density at radius 3 is 2.03 bits per heavy atom. The standard InChI is InChI=1S/C27H27N3O3/c1-18(2)33-23-16-10-20(11-17-23)28-25-24(19-8-6-5-7-9-19)26(31)30(27(25)32)22-14-12-21(13-15-22)29(3)4/h5-18,28H,1-4H3. The van der Waals surface area contributed by atoms with Crippen LogP contribution in [0.1, 0.15) is 19.4 Å². The van der Waals surface area contributed by atoms with E-state index in [-0.39, 0.29) is 23.6 Å². The van der Waals surface area contributed by atoms with Crippen LogP contribution in [0.3, 0.4) is 0 Å². The van der Waals surface area contributed by atoms with E-state index in [9.17, 15) is 9.59 Å². The molecule has 6 heteroatoms. The van der Waals surface area contributed by atoms with Gasteiger partial charge in [-0.2, -0.15) is 0 Å². The van der Waals surface area contributed by atoms with Gasteiger partial charge in [-0.25, -0.2) is 4.90 Å². The number of benzene rings is 3. The molecule has 168 valence electrons. The molecule has 0 fully saturated rings. The van der Waals surface area contributed by atoms with Gasteiger partial charge in [0.2, 0.25) is 0 Å². The number of imide groups is 1. The molecule has 0 unspecified atom stereocenters. The zero-order valence-electron chi connectivity index (χ0n) is 19.2. The monoisotopic (exact) mass is 441 g/mol. The van der Waals surface area contributed by atoms with Crippen LogP contribution >= 0.6 is 0 Å². The highest BCUT2D eigenvalue weighted by Crippen LogP contribution is 2.34. The fourth-order valence-electron chi connectivity index (χ4n) is 3.69. The van der Waals surface area contributed by atoms with Crippen LogP contribution in [0, 0.1) is 0 Å². The minimum absolute atomic E-state index is 0.0673. The molecule has 0 aliphatic carbocycles. The summed E-state index contributed by atoms with van der Waals surface area (Å²) in [5.74, 6) is -0.00530. The molecule has 2 amide bonds. The summed E-state index contributed by atoms with van der Waals surface area (Å²) in [6.07, 6.45) is 0.0673. The van der Waals surface area contributed by atoms with Crippen LogP contribution in [0.5, 0.6) is 5.75 Å². The number of hydrogen-bond donors (Lipinski definition) is 1. The number of amides is 2. The van der Waals surface area contributed by atoms with E-state index < -0.39 is 0 Å². The van der Waals surface area contributed by atoms with Crippen molar-refractivity contribution in [3.63, 3.8) is 0 Å². The van der Waals surface area contributed by atoms with Gasteiger partial charge in [0, 0.05) is 25.5 Å². The molecule has 1 N–H and O–H groups in total. The first-order valence-corrected chi connectivity index (χ1v) is 10.8. The van der Waals surface area contributed by atoms with Crippen LogP contribution < -0.4 is 19.9 Å². The van der Waals surface area contributed by atoms with Gasteiger partial charge in [-0.15, -0.1) is 0 Å². The third-order valence-corrected chi connectivity index (χ3v) is 5.27. The highest BCUT2D eigenvalue weighted by Gasteiger charge is 2.40. The maximum Gasteiger partial charge on any atom is 0.282 e. The Morgan fingerprint density at radius 2 is 1.45 bits per heavy atom. The number of ether oxygens (including phenoxy) is 1. The molecule has 0 bridgehead atoms. The summed E-state index contributed by atoms with van der Waals surface area (Å²) in [6.45, 7) is 3.93. The molecule has 0 atom stereocenters. The summed E-state index contributed by atoms with van der Waals surface area (Å²) >= 11 is 0. The first kappa shape index (κ1) is 22.1. The molecule has 0 aromatic heterocycles. The maximum atomic E-state index is 13.5. The fourth-order valence-corrected chi connectivity index (χ4v) is 3.69. The van der Waals surface area contributed by atoms with E-state index in [1.807, 2.05) is 99.6 Å². The topological polar surface area (TPSA) is 61.9 Å². The molecule has 3 aromatic rings. The van der Waals surface area contributed by atoms with Gasteiger partial charge >= 0.3 is 0 Å². The number of carbonyl (C=O) groups excluding carboxylic acids is 2. The Bertz CT molecular complexity index is 1180. The van der Waals surface area contributed by atoms with Crippen molar-refractivity contribution in [3.8, 4) is 5.75 Å². The third-order valence-electron chi connectivity index (χ3n) is 5.27. The van der Waals surface area contributed by atoms with E-state index in [2.05, 4.69) is 5.32 Å². The van der Waals surface area contributed by atoms with E-state index in [0.717, 1.165) is 11.4 Å². The molecule has 3 aromatic carbocycles. The number of nitrogens with zero attached hydrogens (tertiary/aromatic N) is 2. The lowest BCUT2D eigenvalue weighted by molar-refractivity contribution is -0.120. The quantitative estimate of drug-likeness (QED) is 0.527. The Kier molecular flexibility index (Phi) is 6.18. The molecule has 0 spiro atoms. The highest BCUT2D eigenvalue weighted by atomic mass is 16.5. The minimum atomic E-state index is -0.390. The smallest absolute Gasteiger partial charge is 0.282 e. The predicted molar refractivity (Wildman–Crippen MR) is 132 cm³/mol.